The van der Waals surface area contributed by atoms with E-state index >= 15 is 4.39 Å². The van der Waals surface area contributed by atoms with E-state index in [1.807, 2.05) is 39.0 Å². The Hall–Kier alpha value is -2.60. The molecule has 0 N–H and O–H groups in total. The van der Waals surface area contributed by atoms with Gasteiger partial charge in [-0.2, -0.15) is 0 Å². The van der Waals surface area contributed by atoms with E-state index in [0.717, 1.165) is 66.0 Å². The second-order valence-electron chi connectivity index (χ2n) is 11.3. The second kappa shape index (κ2) is 8.81. The van der Waals surface area contributed by atoms with E-state index < -0.39 is 12.1 Å². The molecule has 35 heavy (non-hydrogen) atoms. The Kier molecular flexibility index (Phi) is 6.07. The average molecular weight is 480 g/mol. The summed E-state index contributed by atoms with van der Waals surface area (Å²) in [6.07, 6.45) is 1.58. The normalized spacial score (nSPS) is 26.5. The lowest BCUT2D eigenvalue weighted by molar-refractivity contribution is -0.276. The molecule has 3 heterocycles. The molecule has 0 aromatic heterocycles. The summed E-state index contributed by atoms with van der Waals surface area (Å²) in [5.74, 6) is 0.874. The van der Waals surface area contributed by atoms with Crippen molar-refractivity contribution < 1.29 is 19.0 Å². The van der Waals surface area contributed by atoms with Gasteiger partial charge in [-0.15, -0.1) is 0 Å². The molecule has 0 unspecified atom stereocenters. The number of piperidine rings is 3. The number of benzene rings is 2. The maximum atomic E-state index is 15.7. The molecular weight excluding hydrogens is 443 g/mol. The average Bonchev–Trinajstić information content (AvgIpc) is 3.05. The number of fused-ring (bicyclic) bond motifs is 4. The van der Waals surface area contributed by atoms with Crippen LogP contribution in [0.15, 0.2) is 24.3 Å². The Morgan fingerprint density at radius 2 is 1.83 bits per heavy atom. The molecule has 6 rings (SSSR count). The fourth-order valence-corrected chi connectivity index (χ4v) is 6.96. The van der Waals surface area contributed by atoms with Crippen molar-refractivity contribution in [2.75, 3.05) is 26.2 Å². The Morgan fingerprint density at radius 1 is 1.17 bits per heavy atom. The van der Waals surface area contributed by atoms with E-state index in [0.29, 0.717) is 24.5 Å². The van der Waals surface area contributed by atoms with E-state index in [2.05, 4.69) is 18.7 Å². The van der Waals surface area contributed by atoms with Gasteiger partial charge in [-0.05, 0) is 117 Å². The lowest BCUT2D eigenvalue weighted by Gasteiger charge is -2.53. The molecule has 2 bridgehead atoms. The van der Waals surface area contributed by atoms with Gasteiger partial charge in [-0.3, -0.25) is 0 Å². The monoisotopic (exact) mass is 479 g/mol. The minimum atomic E-state index is -1.14. The summed E-state index contributed by atoms with van der Waals surface area (Å²) in [4.78, 5) is 16.5. The van der Waals surface area contributed by atoms with Crippen LogP contribution in [0.5, 0.6) is 5.75 Å². The summed E-state index contributed by atoms with van der Waals surface area (Å²) in [7, 11) is 0. The molecule has 0 spiro atoms. The van der Waals surface area contributed by atoms with E-state index in [1.165, 1.54) is 0 Å². The predicted octanol–water partition coefficient (Wildman–Crippen LogP) is 4.87. The molecular formula is C29H36FN2O3-. The van der Waals surface area contributed by atoms with Crippen molar-refractivity contribution in [1.29, 1.82) is 0 Å². The Labute approximate surface area is 207 Å². The zero-order chi connectivity index (χ0) is 25.1. The van der Waals surface area contributed by atoms with Crippen molar-refractivity contribution in [2.45, 2.75) is 66.0 Å². The molecule has 0 saturated carbocycles. The van der Waals surface area contributed by atoms with Crippen LogP contribution in [-0.2, 0) is 6.42 Å². The molecule has 0 radical (unpaired) electrons. The standard InChI is InChI=1S/C29H37FN2O3/c1-6-35-26-17(2)11-20(12-18(26)3)22-13-21-15-29(4,5)27(23(21)14-24(22)30)32(28(33)34)25-16-31-9-7-19(25)8-10-31/h11-14,19,25,27H,6-10,15-16H2,1-5H3,(H,33,34)/p-1/t25-,27+/m1/s1. The molecule has 2 aromatic rings. The molecule has 3 aliphatic heterocycles. The SMILES string of the molecule is CCOc1c(C)cc(-c2cc3c(cc2F)[C@H](N(C(=O)[O-])[C@@H]2CN4CCC2CC4)C(C)(C)C3)cc1C. The fraction of sp³-hybridized carbons (Fsp3) is 0.552. The Morgan fingerprint density at radius 3 is 2.37 bits per heavy atom. The fourth-order valence-electron chi connectivity index (χ4n) is 6.96. The van der Waals surface area contributed by atoms with E-state index in [-0.39, 0.29) is 17.3 Å². The van der Waals surface area contributed by atoms with Gasteiger partial charge in [0, 0.05) is 18.2 Å². The molecule has 2 atom stereocenters. The highest BCUT2D eigenvalue weighted by molar-refractivity contribution is 5.71. The molecule has 3 fully saturated rings. The minimum absolute atomic E-state index is 0.100. The van der Waals surface area contributed by atoms with Gasteiger partial charge in [0.2, 0.25) is 0 Å². The van der Waals surface area contributed by atoms with Gasteiger partial charge < -0.3 is 24.4 Å². The van der Waals surface area contributed by atoms with Crippen molar-refractivity contribution >= 4 is 6.09 Å². The molecule has 2 aromatic carbocycles. The number of ether oxygens (including phenoxy) is 1. The van der Waals surface area contributed by atoms with Crippen LogP contribution in [-0.4, -0.2) is 48.2 Å². The topological polar surface area (TPSA) is 55.8 Å². The summed E-state index contributed by atoms with van der Waals surface area (Å²) in [5.41, 5.74) is 4.78. The van der Waals surface area contributed by atoms with Crippen molar-refractivity contribution in [3.8, 4) is 16.9 Å². The smallest absolute Gasteiger partial charge is 0.137 e. The highest BCUT2D eigenvalue weighted by atomic mass is 19.1. The van der Waals surface area contributed by atoms with Crippen molar-refractivity contribution in [3.05, 3.63) is 52.3 Å². The van der Waals surface area contributed by atoms with Crippen molar-refractivity contribution in [2.24, 2.45) is 11.3 Å². The zero-order valence-electron chi connectivity index (χ0n) is 21.5. The highest BCUT2D eigenvalue weighted by Gasteiger charge is 2.48. The van der Waals surface area contributed by atoms with Crippen LogP contribution < -0.4 is 9.84 Å². The zero-order valence-corrected chi connectivity index (χ0v) is 21.5. The minimum Gasteiger partial charge on any atom is -0.530 e. The second-order valence-corrected chi connectivity index (χ2v) is 11.3. The summed E-state index contributed by atoms with van der Waals surface area (Å²) >= 11 is 0. The lowest BCUT2D eigenvalue weighted by atomic mass is 9.79. The van der Waals surface area contributed by atoms with Crippen LogP contribution in [0.2, 0.25) is 0 Å². The number of carbonyl (C=O) groups is 1. The first-order valence-corrected chi connectivity index (χ1v) is 12.9. The molecule has 5 nitrogen and oxygen atoms in total. The third-order valence-corrected chi connectivity index (χ3v) is 8.44. The number of carbonyl (C=O) groups excluding carboxylic acids is 1. The molecule has 3 saturated heterocycles. The van der Waals surface area contributed by atoms with Crippen LogP contribution in [0.25, 0.3) is 11.1 Å². The van der Waals surface area contributed by atoms with Crippen LogP contribution in [0, 0.1) is 31.0 Å². The van der Waals surface area contributed by atoms with Gasteiger partial charge in [-0.25, -0.2) is 4.39 Å². The van der Waals surface area contributed by atoms with E-state index in [1.54, 1.807) is 11.0 Å². The largest absolute Gasteiger partial charge is 0.530 e. The lowest BCUT2D eigenvalue weighted by Crippen LogP contribution is -2.62. The first-order chi connectivity index (χ1) is 16.6. The number of nitrogens with zero attached hydrogens (tertiary/aromatic N) is 2. The number of aryl methyl sites for hydroxylation is 2. The summed E-state index contributed by atoms with van der Waals surface area (Å²) in [6, 6.07) is 6.95. The first-order valence-electron chi connectivity index (χ1n) is 12.9. The van der Waals surface area contributed by atoms with Gasteiger partial charge in [0.1, 0.15) is 17.7 Å². The van der Waals surface area contributed by atoms with Gasteiger partial charge in [0.25, 0.3) is 0 Å². The molecule has 188 valence electrons. The van der Waals surface area contributed by atoms with Crippen LogP contribution in [0.4, 0.5) is 9.18 Å². The Bertz CT molecular complexity index is 1130. The molecule has 4 aliphatic rings. The number of rotatable bonds is 5. The van der Waals surface area contributed by atoms with Crippen LogP contribution in [0.1, 0.15) is 61.9 Å². The van der Waals surface area contributed by atoms with Crippen LogP contribution in [0.3, 0.4) is 0 Å². The first kappa shape index (κ1) is 24.1. The van der Waals surface area contributed by atoms with Crippen LogP contribution >= 0.6 is 0 Å². The van der Waals surface area contributed by atoms with Crippen molar-refractivity contribution in [3.63, 3.8) is 0 Å². The van der Waals surface area contributed by atoms with E-state index in [9.17, 15) is 9.90 Å². The number of halogens is 1. The van der Waals surface area contributed by atoms with E-state index in [4.69, 9.17) is 4.74 Å². The summed E-state index contributed by atoms with van der Waals surface area (Å²) < 4.78 is 21.5. The number of amides is 1. The quantitative estimate of drug-likeness (QED) is 0.614. The summed E-state index contributed by atoms with van der Waals surface area (Å²) in [5, 5.41) is 12.6. The molecule has 1 aliphatic carbocycles. The summed E-state index contributed by atoms with van der Waals surface area (Å²) in [6.45, 7) is 13.5. The van der Waals surface area contributed by atoms with Gasteiger partial charge in [0.05, 0.1) is 12.6 Å². The number of hydrogen-bond acceptors (Lipinski definition) is 4. The number of hydrogen-bond donors (Lipinski definition) is 0. The van der Waals surface area contributed by atoms with Gasteiger partial charge in [0.15, 0.2) is 0 Å². The Balaban J connectivity index is 1.56. The maximum absolute atomic E-state index is 15.7. The predicted molar refractivity (Wildman–Crippen MR) is 133 cm³/mol. The van der Waals surface area contributed by atoms with Gasteiger partial charge in [-0.1, -0.05) is 13.8 Å². The highest BCUT2D eigenvalue weighted by Crippen LogP contribution is 2.52. The van der Waals surface area contributed by atoms with Gasteiger partial charge >= 0.3 is 0 Å². The molecule has 1 amide bonds. The maximum Gasteiger partial charge on any atom is 0.137 e. The molecule has 6 heteroatoms. The third kappa shape index (κ3) is 4.10. The van der Waals surface area contributed by atoms with Crippen molar-refractivity contribution in [1.82, 2.24) is 9.80 Å². The number of carboxylic acid groups (broad SMARTS) is 1. The third-order valence-electron chi connectivity index (χ3n) is 8.44.